The Labute approximate surface area is 167 Å². The second-order valence-corrected chi connectivity index (χ2v) is 4.85. The average molecular weight is 392 g/mol. The maximum Gasteiger partial charge on any atom is 4.00 e. The summed E-state index contributed by atoms with van der Waals surface area (Å²) in [6, 6.07) is 0. The Morgan fingerprint density at radius 3 is 0.960 bits per heavy atom. The second kappa shape index (κ2) is 30.9. The van der Waals surface area contributed by atoms with E-state index in [0.717, 1.165) is 37.8 Å². The van der Waals surface area contributed by atoms with Crippen molar-refractivity contribution >= 4 is 11.6 Å². The van der Waals surface area contributed by atoms with Crippen LogP contribution in [0.5, 0.6) is 0 Å². The summed E-state index contributed by atoms with van der Waals surface area (Å²) in [6.07, 6.45) is 5.84. The van der Waals surface area contributed by atoms with Gasteiger partial charge in [0, 0.05) is 0 Å². The SMILES string of the molecule is CC(=O)C=C(C)[O-].CC(=O)C=C(C)[O-].CCCC[O-].CCCC[O-].[Ti+4]. The second-order valence-electron chi connectivity index (χ2n) is 4.85. The third kappa shape index (κ3) is 83.6. The summed E-state index contributed by atoms with van der Waals surface area (Å²) in [5.74, 6) is -0.750. The van der Waals surface area contributed by atoms with Gasteiger partial charge in [0.25, 0.3) is 0 Å². The molecular formula is C18H32O6Ti. The topological polar surface area (TPSA) is 126 Å². The van der Waals surface area contributed by atoms with Gasteiger partial charge >= 0.3 is 21.7 Å². The van der Waals surface area contributed by atoms with E-state index in [-0.39, 0.29) is 58.0 Å². The quantitative estimate of drug-likeness (QED) is 0.355. The number of rotatable bonds is 6. The zero-order valence-electron chi connectivity index (χ0n) is 16.3. The number of hydrogen-bond donors (Lipinski definition) is 0. The van der Waals surface area contributed by atoms with E-state index in [1.54, 1.807) is 0 Å². The fraction of sp³-hybridized carbons (Fsp3) is 0.667. The van der Waals surface area contributed by atoms with Crippen molar-refractivity contribution in [3.05, 3.63) is 23.7 Å². The molecule has 0 bridgehead atoms. The van der Waals surface area contributed by atoms with Crippen LogP contribution in [-0.2, 0) is 31.3 Å². The van der Waals surface area contributed by atoms with E-state index in [0.29, 0.717) is 0 Å². The van der Waals surface area contributed by atoms with E-state index in [9.17, 15) is 30.0 Å². The molecule has 7 heteroatoms. The molecule has 0 aliphatic heterocycles. The minimum atomic E-state index is -0.187. The van der Waals surface area contributed by atoms with Crippen LogP contribution >= 0.6 is 0 Å². The van der Waals surface area contributed by atoms with Crippen molar-refractivity contribution in [1.82, 2.24) is 0 Å². The molecule has 144 valence electrons. The molecule has 0 radical (unpaired) electrons. The van der Waals surface area contributed by atoms with Gasteiger partial charge in [0.05, 0.1) is 0 Å². The van der Waals surface area contributed by atoms with Gasteiger partial charge in [-0.1, -0.05) is 53.4 Å². The van der Waals surface area contributed by atoms with Crippen molar-refractivity contribution in [3.63, 3.8) is 0 Å². The molecule has 0 N–H and O–H groups in total. The van der Waals surface area contributed by atoms with E-state index in [2.05, 4.69) is 0 Å². The maximum absolute atomic E-state index is 9.98. The Balaban J connectivity index is -0.0000000711. The maximum atomic E-state index is 9.98. The molecule has 0 fully saturated rings. The predicted molar refractivity (Wildman–Crippen MR) is 88.4 cm³/mol. The molecule has 0 aromatic rings. The molecular weight excluding hydrogens is 360 g/mol. The van der Waals surface area contributed by atoms with Crippen LogP contribution in [0.4, 0.5) is 0 Å². The number of carbonyl (C=O) groups is 2. The molecule has 0 aromatic carbocycles. The summed E-state index contributed by atoms with van der Waals surface area (Å²) in [4.78, 5) is 20.0. The first-order valence-electron chi connectivity index (χ1n) is 7.96. The average Bonchev–Trinajstić information content (AvgIpc) is 2.39. The number of unbranched alkanes of at least 4 members (excludes halogenated alkanes) is 2. The Kier molecular flexibility index (Phi) is 43.5. The Morgan fingerprint density at radius 2 is 0.960 bits per heavy atom. The summed E-state index contributed by atoms with van der Waals surface area (Å²) >= 11 is 0. The summed E-state index contributed by atoms with van der Waals surface area (Å²) in [5, 5.41) is 39.0. The van der Waals surface area contributed by atoms with E-state index in [4.69, 9.17) is 0 Å². The minimum Gasteiger partial charge on any atom is -0.876 e. The van der Waals surface area contributed by atoms with Crippen LogP contribution in [0, 0.1) is 0 Å². The third-order valence-corrected chi connectivity index (χ3v) is 1.81. The fourth-order valence-electron chi connectivity index (χ4n) is 0.861. The zero-order chi connectivity index (χ0) is 20.0. The van der Waals surface area contributed by atoms with Crippen molar-refractivity contribution in [2.45, 2.75) is 67.2 Å². The zero-order valence-corrected chi connectivity index (χ0v) is 17.9. The van der Waals surface area contributed by atoms with E-state index in [1.165, 1.54) is 27.7 Å². The van der Waals surface area contributed by atoms with Crippen LogP contribution in [0.15, 0.2) is 23.7 Å². The van der Waals surface area contributed by atoms with Crippen molar-refractivity contribution in [1.29, 1.82) is 0 Å². The number of ketones is 2. The standard InChI is InChI=1S/2C5H8O2.2C4H9O.Ti/c2*1-4(6)3-5(2)7;2*1-2-3-4-5;/h2*3,6H,1-2H3;2*2-4H2,1H3;/q;;2*-1;+4/p-2. The van der Waals surface area contributed by atoms with Gasteiger partial charge in [0.15, 0.2) is 11.6 Å². The van der Waals surface area contributed by atoms with Gasteiger partial charge in [-0.05, 0) is 26.0 Å². The molecule has 0 rings (SSSR count). The normalized spacial score (nSPS) is 9.76. The molecule has 0 aliphatic carbocycles. The smallest absolute Gasteiger partial charge is 0.876 e. The Hall–Kier alpha value is -0.946. The first-order valence-corrected chi connectivity index (χ1v) is 7.96. The molecule has 0 amide bonds. The summed E-state index contributed by atoms with van der Waals surface area (Å²) in [6.45, 7) is 9.61. The van der Waals surface area contributed by atoms with Gasteiger partial charge in [-0.15, -0.1) is 24.7 Å². The molecule has 0 atom stereocenters. The van der Waals surface area contributed by atoms with Crippen LogP contribution in [0.2, 0.25) is 0 Å². The van der Waals surface area contributed by atoms with Crippen LogP contribution < -0.4 is 20.4 Å². The molecule has 0 aromatic heterocycles. The Morgan fingerprint density at radius 1 is 0.720 bits per heavy atom. The monoisotopic (exact) mass is 392 g/mol. The van der Waals surface area contributed by atoms with Crippen LogP contribution in [0.3, 0.4) is 0 Å². The molecule has 0 spiro atoms. The van der Waals surface area contributed by atoms with Gasteiger partial charge in [-0.25, -0.2) is 0 Å². The largest absolute Gasteiger partial charge is 4.00 e. The van der Waals surface area contributed by atoms with Gasteiger partial charge in [-0.3, -0.25) is 9.59 Å². The van der Waals surface area contributed by atoms with Gasteiger partial charge in [-0.2, -0.15) is 0 Å². The molecule has 0 unspecified atom stereocenters. The first kappa shape index (κ1) is 35.2. The van der Waals surface area contributed by atoms with Crippen LogP contribution in [-0.4, -0.2) is 24.8 Å². The minimum absolute atomic E-state index is 0. The van der Waals surface area contributed by atoms with E-state index < -0.39 is 0 Å². The van der Waals surface area contributed by atoms with Gasteiger partial charge in [0.1, 0.15) is 0 Å². The third-order valence-electron chi connectivity index (χ3n) is 1.81. The van der Waals surface area contributed by atoms with Gasteiger partial charge in [0.2, 0.25) is 0 Å². The number of hydrogen-bond acceptors (Lipinski definition) is 6. The molecule has 0 aliphatic rings. The summed E-state index contributed by atoms with van der Waals surface area (Å²) in [7, 11) is 0. The first-order chi connectivity index (χ1) is 11.1. The van der Waals surface area contributed by atoms with Crippen LogP contribution in [0.25, 0.3) is 0 Å². The molecule has 0 saturated heterocycles. The summed E-state index contributed by atoms with van der Waals surface area (Å²) < 4.78 is 0. The van der Waals surface area contributed by atoms with Crippen molar-refractivity contribution in [2.75, 3.05) is 13.2 Å². The van der Waals surface area contributed by atoms with E-state index >= 15 is 0 Å². The van der Waals surface area contributed by atoms with Crippen molar-refractivity contribution < 1.29 is 51.7 Å². The molecule has 0 saturated carbocycles. The van der Waals surface area contributed by atoms with Crippen LogP contribution in [0.1, 0.15) is 67.2 Å². The number of carbonyl (C=O) groups excluding carboxylic acids is 2. The fourth-order valence-corrected chi connectivity index (χ4v) is 0.861. The predicted octanol–water partition coefficient (Wildman–Crippen LogP) is -0.0299. The molecule has 25 heavy (non-hydrogen) atoms. The van der Waals surface area contributed by atoms with Gasteiger partial charge < -0.3 is 20.4 Å². The summed E-state index contributed by atoms with van der Waals surface area (Å²) in [5.41, 5.74) is 0. The van der Waals surface area contributed by atoms with Crippen molar-refractivity contribution in [3.8, 4) is 0 Å². The molecule has 0 heterocycles. The Bertz CT molecular complexity index is 305. The van der Waals surface area contributed by atoms with E-state index in [1.807, 2.05) is 13.8 Å². The van der Waals surface area contributed by atoms with Crippen molar-refractivity contribution in [2.24, 2.45) is 0 Å². The number of allylic oxidation sites excluding steroid dienone is 4. The molecule has 6 nitrogen and oxygen atoms in total.